The zero-order chi connectivity index (χ0) is 11.9. The lowest BCUT2D eigenvalue weighted by Crippen LogP contribution is -2.23. The van der Waals surface area contributed by atoms with E-state index < -0.39 is 0 Å². The molecule has 0 spiro atoms. The Labute approximate surface area is 125 Å². The van der Waals surface area contributed by atoms with E-state index in [9.17, 15) is 0 Å². The average Bonchev–Trinajstić information content (AvgIpc) is 3.14. The summed E-state index contributed by atoms with van der Waals surface area (Å²) in [7, 11) is 0. The number of ether oxygens (including phenoxy) is 1. The molecule has 1 aliphatic rings. The number of aliphatic imine (C=N–C) groups is 1. The fourth-order valence-corrected chi connectivity index (χ4v) is 1.47. The summed E-state index contributed by atoms with van der Waals surface area (Å²) in [6, 6.07) is 9.77. The van der Waals surface area contributed by atoms with Crippen LogP contribution >= 0.6 is 24.0 Å². The summed E-state index contributed by atoms with van der Waals surface area (Å²) in [6.07, 6.45) is 2.64. The van der Waals surface area contributed by atoms with Crippen LogP contribution in [0, 0.1) is 5.92 Å². The fourth-order valence-electron chi connectivity index (χ4n) is 1.47. The third-order valence-electron chi connectivity index (χ3n) is 2.61. The highest BCUT2D eigenvalue weighted by atomic mass is 127. The number of guanidine groups is 1. The van der Waals surface area contributed by atoms with Gasteiger partial charge in [0.2, 0.25) is 0 Å². The second-order valence-electron chi connectivity index (χ2n) is 4.28. The van der Waals surface area contributed by atoms with Gasteiger partial charge in [0.15, 0.2) is 5.96 Å². The molecule has 0 bridgehead atoms. The van der Waals surface area contributed by atoms with Crippen molar-refractivity contribution in [2.45, 2.75) is 12.8 Å². The monoisotopic (exact) mass is 361 g/mol. The Hall–Kier alpha value is -0.820. The molecule has 0 unspecified atom stereocenters. The minimum Gasteiger partial charge on any atom is -0.379 e. The Balaban J connectivity index is 0.00000162. The van der Waals surface area contributed by atoms with E-state index in [2.05, 4.69) is 10.3 Å². The third-order valence-corrected chi connectivity index (χ3v) is 2.61. The van der Waals surface area contributed by atoms with Gasteiger partial charge >= 0.3 is 0 Å². The van der Waals surface area contributed by atoms with Crippen molar-refractivity contribution in [2.75, 3.05) is 25.1 Å². The summed E-state index contributed by atoms with van der Waals surface area (Å²) in [5.41, 5.74) is 6.69. The zero-order valence-corrected chi connectivity index (χ0v) is 12.7. The number of anilines is 1. The van der Waals surface area contributed by atoms with E-state index in [0.29, 0.717) is 19.1 Å². The second-order valence-corrected chi connectivity index (χ2v) is 4.28. The van der Waals surface area contributed by atoms with Crippen molar-refractivity contribution in [3.8, 4) is 0 Å². The average molecular weight is 361 g/mol. The summed E-state index contributed by atoms with van der Waals surface area (Å²) in [5.74, 6) is 1.24. The Bertz CT molecular complexity index is 366. The first-order chi connectivity index (χ1) is 8.34. The molecule has 0 saturated heterocycles. The molecule has 18 heavy (non-hydrogen) atoms. The van der Waals surface area contributed by atoms with Gasteiger partial charge < -0.3 is 15.8 Å². The predicted octanol–water partition coefficient (Wildman–Crippen LogP) is 2.46. The smallest absolute Gasteiger partial charge is 0.193 e. The van der Waals surface area contributed by atoms with Crippen LogP contribution in [-0.4, -0.2) is 25.7 Å². The summed E-state index contributed by atoms with van der Waals surface area (Å²) in [5, 5.41) is 3.03. The van der Waals surface area contributed by atoms with Crippen molar-refractivity contribution in [2.24, 2.45) is 16.6 Å². The number of nitrogens with one attached hydrogen (secondary N) is 1. The first-order valence-electron chi connectivity index (χ1n) is 6.04. The Morgan fingerprint density at radius 3 is 2.72 bits per heavy atom. The van der Waals surface area contributed by atoms with Crippen LogP contribution in [0.25, 0.3) is 0 Å². The minimum absolute atomic E-state index is 0. The Morgan fingerprint density at radius 2 is 2.06 bits per heavy atom. The van der Waals surface area contributed by atoms with Crippen molar-refractivity contribution in [3.05, 3.63) is 30.3 Å². The van der Waals surface area contributed by atoms with E-state index >= 15 is 0 Å². The number of para-hydroxylation sites is 1. The van der Waals surface area contributed by atoms with Gasteiger partial charge in [-0.25, -0.2) is 0 Å². The van der Waals surface area contributed by atoms with Crippen molar-refractivity contribution in [1.82, 2.24) is 0 Å². The topological polar surface area (TPSA) is 59.6 Å². The lowest BCUT2D eigenvalue weighted by molar-refractivity contribution is 0.132. The SMILES string of the molecule is I.NC(=NCCOCC1CC1)Nc1ccccc1. The minimum atomic E-state index is 0. The maximum absolute atomic E-state index is 5.74. The van der Waals surface area contributed by atoms with Crippen molar-refractivity contribution in [3.63, 3.8) is 0 Å². The van der Waals surface area contributed by atoms with E-state index in [1.165, 1.54) is 12.8 Å². The van der Waals surface area contributed by atoms with Crippen molar-refractivity contribution < 1.29 is 4.74 Å². The molecule has 1 aliphatic carbocycles. The summed E-state index contributed by atoms with van der Waals surface area (Å²) in [6.45, 7) is 2.13. The highest BCUT2D eigenvalue weighted by Gasteiger charge is 2.20. The van der Waals surface area contributed by atoms with E-state index in [-0.39, 0.29) is 24.0 Å². The standard InChI is InChI=1S/C13H19N3O.HI/c14-13(16-12-4-2-1-3-5-12)15-8-9-17-10-11-6-7-11;/h1-5,11H,6-10H2,(H3,14,15,16);1H. The highest BCUT2D eigenvalue weighted by Crippen LogP contribution is 2.28. The number of rotatable bonds is 6. The van der Waals surface area contributed by atoms with Crippen LogP contribution in [0.2, 0.25) is 0 Å². The first-order valence-corrected chi connectivity index (χ1v) is 6.04. The maximum Gasteiger partial charge on any atom is 0.193 e. The van der Waals surface area contributed by atoms with Crippen LogP contribution in [-0.2, 0) is 4.74 Å². The van der Waals surface area contributed by atoms with Crippen LogP contribution in [0.4, 0.5) is 5.69 Å². The lowest BCUT2D eigenvalue weighted by Gasteiger charge is -2.05. The molecule has 2 rings (SSSR count). The van der Waals surface area contributed by atoms with Crippen LogP contribution < -0.4 is 11.1 Å². The number of hydrogen-bond donors (Lipinski definition) is 2. The number of halogens is 1. The molecule has 5 heteroatoms. The maximum atomic E-state index is 5.74. The van der Waals surface area contributed by atoms with Gasteiger partial charge in [-0.15, -0.1) is 24.0 Å². The van der Waals surface area contributed by atoms with Gasteiger partial charge in [-0.3, -0.25) is 4.99 Å². The molecule has 1 fully saturated rings. The van der Waals surface area contributed by atoms with Crippen molar-refractivity contribution in [1.29, 1.82) is 0 Å². The lowest BCUT2D eigenvalue weighted by atomic mass is 10.3. The molecule has 0 atom stereocenters. The normalized spacial score (nSPS) is 15.0. The molecule has 100 valence electrons. The van der Waals surface area contributed by atoms with Crippen LogP contribution in [0.15, 0.2) is 35.3 Å². The zero-order valence-electron chi connectivity index (χ0n) is 10.3. The number of hydrogen-bond acceptors (Lipinski definition) is 2. The Kier molecular flexibility index (Phi) is 7.04. The summed E-state index contributed by atoms with van der Waals surface area (Å²) >= 11 is 0. The summed E-state index contributed by atoms with van der Waals surface area (Å²) in [4.78, 5) is 4.20. The fraction of sp³-hybridized carbons (Fsp3) is 0.462. The number of nitrogens with two attached hydrogens (primary N) is 1. The molecule has 0 heterocycles. The highest BCUT2D eigenvalue weighted by molar-refractivity contribution is 14.0. The van der Waals surface area contributed by atoms with Gasteiger partial charge in [0.25, 0.3) is 0 Å². The second kappa shape index (κ2) is 8.31. The van der Waals surface area contributed by atoms with Gasteiger partial charge in [-0.05, 0) is 30.9 Å². The predicted molar refractivity (Wildman–Crippen MR) is 85.5 cm³/mol. The van der Waals surface area contributed by atoms with E-state index in [1.54, 1.807) is 0 Å². The Morgan fingerprint density at radius 1 is 1.33 bits per heavy atom. The molecule has 0 amide bonds. The van der Waals surface area contributed by atoms with E-state index in [1.807, 2.05) is 30.3 Å². The molecule has 4 nitrogen and oxygen atoms in total. The van der Waals surface area contributed by atoms with Gasteiger partial charge in [0.05, 0.1) is 13.2 Å². The van der Waals surface area contributed by atoms with E-state index in [0.717, 1.165) is 18.2 Å². The largest absolute Gasteiger partial charge is 0.379 e. The summed E-state index contributed by atoms with van der Waals surface area (Å²) < 4.78 is 5.47. The third kappa shape index (κ3) is 6.20. The molecule has 0 aliphatic heterocycles. The molecule has 3 N–H and O–H groups in total. The van der Waals surface area contributed by atoms with Gasteiger partial charge in [-0.1, -0.05) is 18.2 Å². The number of nitrogens with zero attached hydrogens (tertiary/aromatic N) is 1. The first kappa shape index (κ1) is 15.2. The van der Waals surface area contributed by atoms with Gasteiger partial charge in [0.1, 0.15) is 0 Å². The molecule has 1 saturated carbocycles. The van der Waals surface area contributed by atoms with Gasteiger partial charge in [0, 0.05) is 12.3 Å². The van der Waals surface area contributed by atoms with Crippen LogP contribution in [0.5, 0.6) is 0 Å². The molecular formula is C13H20IN3O. The molecule has 1 aromatic carbocycles. The quantitative estimate of drug-likeness (QED) is 0.354. The molecular weight excluding hydrogens is 341 g/mol. The van der Waals surface area contributed by atoms with E-state index in [4.69, 9.17) is 10.5 Å². The van der Waals surface area contributed by atoms with Crippen LogP contribution in [0.3, 0.4) is 0 Å². The molecule has 0 aromatic heterocycles. The number of benzene rings is 1. The molecule has 1 aromatic rings. The van der Waals surface area contributed by atoms with Gasteiger partial charge in [-0.2, -0.15) is 0 Å². The van der Waals surface area contributed by atoms with Crippen LogP contribution in [0.1, 0.15) is 12.8 Å². The van der Waals surface area contributed by atoms with Crippen molar-refractivity contribution >= 4 is 35.6 Å². The molecule has 0 radical (unpaired) electrons.